The molecule has 0 saturated carbocycles. The lowest BCUT2D eigenvalue weighted by Crippen LogP contribution is -2.14. The van der Waals surface area contributed by atoms with Crippen LogP contribution in [0.4, 0.5) is 0 Å². The number of aromatic amines is 1. The summed E-state index contributed by atoms with van der Waals surface area (Å²) in [6, 6.07) is 5.59. The first-order valence-electron chi connectivity index (χ1n) is 5.65. The smallest absolute Gasteiger partial charge is 0.170 e. The lowest BCUT2D eigenvalue weighted by molar-refractivity contribution is 0.0902. The molecular formula is C13H12ClNO2. The van der Waals surface area contributed by atoms with Gasteiger partial charge in [-0.25, -0.2) is 0 Å². The number of fused-ring (bicyclic) bond motifs is 1. The zero-order valence-electron chi connectivity index (χ0n) is 9.20. The maximum absolute atomic E-state index is 12.3. The number of ether oxygens (including phenoxy) is 1. The van der Waals surface area contributed by atoms with Crippen molar-refractivity contribution in [2.24, 2.45) is 5.92 Å². The number of hydrogen-bond acceptors (Lipinski definition) is 2. The SMILES string of the molecule is O=C(c1c[nH]c2c(Cl)cccc12)C1CCOC1. The number of benzene rings is 1. The molecule has 1 aliphatic heterocycles. The van der Waals surface area contributed by atoms with E-state index >= 15 is 0 Å². The molecule has 0 bridgehead atoms. The fourth-order valence-corrected chi connectivity index (χ4v) is 2.51. The predicted molar refractivity (Wildman–Crippen MR) is 66.6 cm³/mol. The Hall–Kier alpha value is -1.32. The number of aromatic nitrogens is 1. The Balaban J connectivity index is 2.05. The summed E-state index contributed by atoms with van der Waals surface area (Å²) in [6.07, 6.45) is 2.56. The second-order valence-electron chi connectivity index (χ2n) is 4.29. The van der Waals surface area contributed by atoms with E-state index in [9.17, 15) is 4.79 Å². The molecule has 3 nitrogen and oxygen atoms in total. The topological polar surface area (TPSA) is 42.1 Å². The van der Waals surface area contributed by atoms with E-state index in [1.165, 1.54) is 0 Å². The van der Waals surface area contributed by atoms with Crippen LogP contribution in [0.25, 0.3) is 10.9 Å². The lowest BCUT2D eigenvalue weighted by atomic mass is 9.97. The molecule has 1 saturated heterocycles. The Labute approximate surface area is 104 Å². The molecule has 0 spiro atoms. The Morgan fingerprint density at radius 2 is 2.35 bits per heavy atom. The molecule has 1 fully saturated rings. The summed E-state index contributed by atoms with van der Waals surface area (Å²) < 4.78 is 5.25. The molecule has 0 amide bonds. The summed E-state index contributed by atoms with van der Waals surface area (Å²) in [7, 11) is 0. The van der Waals surface area contributed by atoms with Crippen molar-refractivity contribution in [3.05, 3.63) is 35.0 Å². The third-order valence-electron chi connectivity index (χ3n) is 3.23. The van der Waals surface area contributed by atoms with Crippen LogP contribution in [0.3, 0.4) is 0 Å². The van der Waals surface area contributed by atoms with Gasteiger partial charge in [0.15, 0.2) is 5.78 Å². The fourth-order valence-electron chi connectivity index (χ4n) is 2.28. The molecule has 88 valence electrons. The molecule has 1 N–H and O–H groups in total. The van der Waals surface area contributed by atoms with E-state index in [4.69, 9.17) is 16.3 Å². The van der Waals surface area contributed by atoms with Crippen molar-refractivity contribution in [1.29, 1.82) is 0 Å². The van der Waals surface area contributed by atoms with Gasteiger partial charge in [0.25, 0.3) is 0 Å². The van der Waals surface area contributed by atoms with Gasteiger partial charge >= 0.3 is 0 Å². The van der Waals surface area contributed by atoms with Crippen molar-refractivity contribution in [2.75, 3.05) is 13.2 Å². The van der Waals surface area contributed by atoms with Gasteiger partial charge in [0, 0.05) is 29.7 Å². The molecule has 0 radical (unpaired) electrons. The number of carbonyl (C=O) groups excluding carboxylic acids is 1. The molecule has 2 heterocycles. The van der Waals surface area contributed by atoms with Crippen molar-refractivity contribution in [3.8, 4) is 0 Å². The van der Waals surface area contributed by atoms with Crippen molar-refractivity contribution in [2.45, 2.75) is 6.42 Å². The average Bonchev–Trinajstić information content (AvgIpc) is 2.98. The fraction of sp³-hybridized carbons (Fsp3) is 0.308. The zero-order valence-corrected chi connectivity index (χ0v) is 9.96. The van der Waals surface area contributed by atoms with Gasteiger partial charge in [-0.2, -0.15) is 0 Å². The summed E-state index contributed by atoms with van der Waals surface area (Å²) in [6.45, 7) is 1.21. The standard InChI is InChI=1S/C13H12ClNO2/c14-11-3-1-2-9-10(6-15-12(9)11)13(16)8-4-5-17-7-8/h1-3,6,8,15H,4-5,7H2. The van der Waals surface area contributed by atoms with Crippen molar-refractivity contribution >= 4 is 28.3 Å². The highest BCUT2D eigenvalue weighted by molar-refractivity contribution is 6.35. The molecule has 1 aliphatic rings. The van der Waals surface area contributed by atoms with E-state index in [2.05, 4.69) is 4.98 Å². The summed E-state index contributed by atoms with van der Waals surface area (Å²) in [5.41, 5.74) is 1.55. The minimum Gasteiger partial charge on any atom is -0.381 e. The first-order valence-corrected chi connectivity index (χ1v) is 6.02. The van der Waals surface area contributed by atoms with Crippen molar-refractivity contribution in [3.63, 3.8) is 0 Å². The van der Waals surface area contributed by atoms with Crippen LogP contribution in [0.15, 0.2) is 24.4 Å². The van der Waals surface area contributed by atoms with Gasteiger partial charge in [-0.05, 0) is 12.5 Å². The number of ketones is 1. The third-order valence-corrected chi connectivity index (χ3v) is 3.55. The minimum absolute atomic E-state index is 0.00650. The normalized spacial score (nSPS) is 19.9. The maximum Gasteiger partial charge on any atom is 0.170 e. The highest BCUT2D eigenvalue weighted by Gasteiger charge is 2.26. The summed E-state index contributed by atoms with van der Waals surface area (Å²) >= 11 is 6.07. The number of halogens is 1. The molecule has 2 aromatic rings. The van der Waals surface area contributed by atoms with Crippen LogP contribution in [0, 0.1) is 5.92 Å². The van der Waals surface area contributed by atoms with E-state index in [1.807, 2.05) is 18.2 Å². The Morgan fingerprint density at radius 1 is 1.47 bits per heavy atom. The first kappa shape index (κ1) is 10.8. The maximum atomic E-state index is 12.3. The molecule has 3 rings (SSSR count). The third kappa shape index (κ3) is 1.75. The van der Waals surface area contributed by atoms with Gasteiger partial charge in [-0.15, -0.1) is 0 Å². The zero-order chi connectivity index (χ0) is 11.8. The number of carbonyl (C=O) groups is 1. The molecule has 1 aromatic carbocycles. The van der Waals surface area contributed by atoms with Gasteiger partial charge in [0.1, 0.15) is 0 Å². The molecule has 17 heavy (non-hydrogen) atoms. The molecule has 0 aliphatic carbocycles. The number of rotatable bonds is 2. The molecule has 1 aromatic heterocycles. The van der Waals surface area contributed by atoms with E-state index in [1.54, 1.807) is 6.20 Å². The number of nitrogens with one attached hydrogen (secondary N) is 1. The lowest BCUT2D eigenvalue weighted by Gasteiger charge is -2.04. The number of para-hydroxylation sites is 1. The van der Waals surface area contributed by atoms with Crippen molar-refractivity contribution in [1.82, 2.24) is 4.98 Å². The second-order valence-corrected chi connectivity index (χ2v) is 4.70. The van der Waals surface area contributed by atoms with Crippen LogP contribution in [0.2, 0.25) is 5.02 Å². The highest BCUT2D eigenvalue weighted by Crippen LogP contribution is 2.28. The van der Waals surface area contributed by atoms with Crippen molar-refractivity contribution < 1.29 is 9.53 Å². The van der Waals surface area contributed by atoms with E-state index < -0.39 is 0 Å². The average molecular weight is 250 g/mol. The predicted octanol–water partition coefficient (Wildman–Crippen LogP) is 3.04. The largest absolute Gasteiger partial charge is 0.381 e. The van der Waals surface area contributed by atoms with E-state index in [-0.39, 0.29) is 11.7 Å². The van der Waals surface area contributed by atoms with Crippen LogP contribution in [0.1, 0.15) is 16.8 Å². The summed E-state index contributed by atoms with van der Waals surface area (Å²) in [4.78, 5) is 15.4. The molecule has 4 heteroatoms. The Bertz CT molecular complexity index is 570. The van der Waals surface area contributed by atoms with Gasteiger partial charge in [0.2, 0.25) is 0 Å². The van der Waals surface area contributed by atoms with Crippen LogP contribution >= 0.6 is 11.6 Å². The molecular weight excluding hydrogens is 238 g/mol. The Morgan fingerprint density at radius 3 is 3.12 bits per heavy atom. The van der Waals surface area contributed by atoms with Gasteiger partial charge in [0.05, 0.1) is 17.1 Å². The van der Waals surface area contributed by atoms with E-state index in [0.29, 0.717) is 18.2 Å². The molecule has 1 unspecified atom stereocenters. The van der Waals surface area contributed by atoms with Gasteiger partial charge in [-0.3, -0.25) is 4.79 Å². The monoisotopic (exact) mass is 249 g/mol. The van der Waals surface area contributed by atoms with Gasteiger partial charge in [-0.1, -0.05) is 23.7 Å². The van der Waals surface area contributed by atoms with Crippen LogP contribution in [0.5, 0.6) is 0 Å². The number of H-pyrrole nitrogens is 1. The summed E-state index contributed by atoms with van der Waals surface area (Å²) in [5, 5.41) is 1.54. The Kier molecular flexibility index (Phi) is 2.65. The molecule has 1 atom stereocenters. The highest BCUT2D eigenvalue weighted by atomic mass is 35.5. The van der Waals surface area contributed by atoms with E-state index in [0.717, 1.165) is 22.9 Å². The van der Waals surface area contributed by atoms with Crippen LogP contribution < -0.4 is 0 Å². The quantitative estimate of drug-likeness (QED) is 0.832. The second kappa shape index (κ2) is 4.17. The number of Topliss-reactive ketones (excluding diaryl/α,β-unsaturated/α-hetero) is 1. The van der Waals surface area contributed by atoms with Gasteiger partial charge < -0.3 is 9.72 Å². The number of hydrogen-bond donors (Lipinski definition) is 1. The van der Waals surface area contributed by atoms with Crippen LogP contribution in [-0.2, 0) is 4.74 Å². The minimum atomic E-state index is -0.00650. The summed E-state index contributed by atoms with van der Waals surface area (Å²) in [5.74, 6) is 0.143. The van der Waals surface area contributed by atoms with Crippen LogP contribution in [-0.4, -0.2) is 24.0 Å². The first-order chi connectivity index (χ1) is 8.27.